The number of nitrogens with one attached hydrogen (secondary N) is 1. The van der Waals surface area contributed by atoms with Crippen LogP contribution in [-0.4, -0.2) is 31.8 Å². The lowest BCUT2D eigenvalue weighted by atomic mass is 9.95. The van der Waals surface area contributed by atoms with Crippen molar-refractivity contribution in [1.29, 1.82) is 0 Å². The number of aliphatic hydroxyl groups is 1. The molecule has 1 aliphatic rings. The van der Waals surface area contributed by atoms with Crippen molar-refractivity contribution in [3.63, 3.8) is 0 Å². The van der Waals surface area contributed by atoms with E-state index in [1.54, 1.807) is 12.1 Å². The van der Waals surface area contributed by atoms with Crippen LogP contribution in [0.2, 0.25) is 0 Å². The third kappa shape index (κ3) is 3.32. The van der Waals surface area contributed by atoms with E-state index in [0.29, 0.717) is 36.0 Å². The van der Waals surface area contributed by atoms with Crippen LogP contribution in [0.4, 0.5) is 13.2 Å². The molecule has 2 aromatic carbocycles. The molecule has 5 nitrogen and oxygen atoms in total. The van der Waals surface area contributed by atoms with E-state index in [2.05, 4.69) is 5.32 Å². The first-order valence-electron chi connectivity index (χ1n) is 8.20. The van der Waals surface area contributed by atoms with E-state index >= 15 is 0 Å². The van der Waals surface area contributed by atoms with Crippen molar-refractivity contribution < 1.29 is 32.5 Å². The van der Waals surface area contributed by atoms with Crippen molar-refractivity contribution in [2.24, 2.45) is 0 Å². The van der Waals surface area contributed by atoms with Gasteiger partial charge in [-0.25, -0.2) is 13.2 Å². The summed E-state index contributed by atoms with van der Waals surface area (Å²) in [6, 6.07) is 4.90. The molecule has 0 fully saturated rings. The number of methoxy groups -OCH3 is 2. The molecular formula is C19H18F3NO4. The third-order valence-electron chi connectivity index (χ3n) is 4.74. The zero-order valence-electron chi connectivity index (χ0n) is 14.7. The van der Waals surface area contributed by atoms with E-state index in [-0.39, 0.29) is 6.54 Å². The summed E-state index contributed by atoms with van der Waals surface area (Å²) in [5.74, 6) is -4.67. The average molecular weight is 381 g/mol. The summed E-state index contributed by atoms with van der Waals surface area (Å²) >= 11 is 0. The molecule has 0 radical (unpaired) electrons. The number of carbonyl (C=O) groups excluding carboxylic acids is 1. The number of carbonyl (C=O) groups is 1. The largest absolute Gasteiger partial charge is 0.493 e. The Balaban J connectivity index is 1.82. The maximum atomic E-state index is 13.8. The highest BCUT2D eigenvalue weighted by atomic mass is 19.2. The standard InChI is InChI=1S/C19H18F3NO4/c1-26-14-7-10-5-6-19(25,12(10)8-15(14)27-2)9-23-18(24)11-3-4-13(20)17(22)16(11)21/h3-4,7-8,25H,5-6,9H2,1-2H3,(H,23,24). The average Bonchev–Trinajstić information content (AvgIpc) is 2.99. The fraction of sp³-hybridized carbons (Fsp3) is 0.316. The lowest BCUT2D eigenvalue weighted by molar-refractivity contribution is 0.0367. The molecule has 1 amide bonds. The van der Waals surface area contributed by atoms with Crippen LogP contribution in [0.1, 0.15) is 27.9 Å². The lowest BCUT2D eigenvalue weighted by Crippen LogP contribution is -2.39. The zero-order valence-corrected chi connectivity index (χ0v) is 14.7. The minimum atomic E-state index is -1.72. The molecule has 1 unspecified atom stereocenters. The maximum Gasteiger partial charge on any atom is 0.254 e. The quantitative estimate of drug-likeness (QED) is 0.782. The second-order valence-electron chi connectivity index (χ2n) is 6.30. The SMILES string of the molecule is COc1cc2c(cc1OC)C(O)(CNC(=O)c1ccc(F)c(F)c1F)CC2. The molecule has 0 bridgehead atoms. The molecule has 0 spiro atoms. The van der Waals surface area contributed by atoms with Crippen molar-refractivity contribution in [1.82, 2.24) is 5.32 Å². The minimum Gasteiger partial charge on any atom is -0.493 e. The van der Waals surface area contributed by atoms with E-state index in [1.165, 1.54) is 14.2 Å². The van der Waals surface area contributed by atoms with Gasteiger partial charge in [0.15, 0.2) is 29.0 Å². The predicted molar refractivity (Wildman–Crippen MR) is 90.4 cm³/mol. The number of ether oxygens (including phenoxy) is 2. The van der Waals surface area contributed by atoms with Crippen LogP contribution >= 0.6 is 0 Å². The lowest BCUT2D eigenvalue weighted by Gasteiger charge is -2.25. The Labute approximate surface area is 153 Å². The van der Waals surface area contributed by atoms with Crippen LogP contribution < -0.4 is 14.8 Å². The zero-order chi connectivity index (χ0) is 19.8. The minimum absolute atomic E-state index is 0.229. The molecule has 2 N–H and O–H groups in total. The second kappa shape index (κ2) is 7.11. The number of halogens is 3. The van der Waals surface area contributed by atoms with E-state index in [1.807, 2.05) is 0 Å². The Morgan fingerprint density at radius 3 is 2.48 bits per heavy atom. The highest BCUT2D eigenvalue weighted by Crippen LogP contribution is 2.42. The monoisotopic (exact) mass is 381 g/mol. The van der Waals surface area contributed by atoms with Crippen LogP contribution in [0.25, 0.3) is 0 Å². The van der Waals surface area contributed by atoms with Crippen molar-refractivity contribution in [3.05, 3.63) is 58.4 Å². The summed E-state index contributed by atoms with van der Waals surface area (Å²) in [7, 11) is 2.97. The fourth-order valence-electron chi connectivity index (χ4n) is 3.24. The van der Waals surface area contributed by atoms with Gasteiger partial charge in [-0.2, -0.15) is 0 Å². The molecule has 0 saturated heterocycles. The van der Waals surface area contributed by atoms with Crippen molar-refractivity contribution >= 4 is 5.91 Å². The van der Waals surface area contributed by atoms with Gasteiger partial charge in [0.05, 0.1) is 26.3 Å². The fourth-order valence-corrected chi connectivity index (χ4v) is 3.24. The summed E-state index contributed by atoms with van der Waals surface area (Å²) in [5.41, 5.74) is -0.641. The molecule has 0 aromatic heterocycles. The van der Waals surface area contributed by atoms with Crippen LogP contribution in [-0.2, 0) is 12.0 Å². The van der Waals surface area contributed by atoms with Gasteiger partial charge < -0.3 is 19.9 Å². The van der Waals surface area contributed by atoms with Gasteiger partial charge in [-0.1, -0.05) is 0 Å². The normalized spacial score (nSPS) is 18.1. The molecular weight excluding hydrogens is 363 g/mol. The molecule has 1 aliphatic carbocycles. The summed E-state index contributed by atoms with van der Waals surface area (Å²) in [6.45, 7) is -0.229. The third-order valence-corrected chi connectivity index (χ3v) is 4.74. The van der Waals surface area contributed by atoms with Crippen LogP contribution in [0.5, 0.6) is 11.5 Å². The number of aryl methyl sites for hydroxylation is 1. The molecule has 0 aliphatic heterocycles. The first-order valence-corrected chi connectivity index (χ1v) is 8.20. The first-order chi connectivity index (χ1) is 12.8. The Morgan fingerprint density at radius 2 is 1.81 bits per heavy atom. The molecule has 8 heteroatoms. The Morgan fingerprint density at radius 1 is 1.15 bits per heavy atom. The van der Waals surface area contributed by atoms with Gasteiger partial charge in [0, 0.05) is 0 Å². The van der Waals surface area contributed by atoms with Gasteiger partial charge in [-0.05, 0) is 48.2 Å². The summed E-state index contributed by atoms with van der Waals surface area (Å²) in [5, 5.41) is 13.3. The molecule has 144 valence electrons. The first kappa shape index (κ1) is 19.0. The number of fused-ring (bicyclic) bond motifs is 1. The van der Waals surface area contributed by atoms with E-state index in [9.17, 15) is 23.1 Å². The molecule has 1 atom stereocenters. The second-order valence-corrected chi connectivity index (χ2v) is 6.30. The van der Waals surface area contributed by atoms with Crippen molar-refractivity contribution in [3.8, 4) is 11.5 Å². The van der Waals surface area contributed by atoms with Gasteiger partial charge in [-0.3, -0.25) is 4.79 Å². The highest BCUT2D eigenvalue weighted by molar-refractivity contribution is 5.94. The highest BCUT2D eigenvalue weighted by Gasteiger charge is 2.38. The smallest absolute Gasteiger partial charge is 0.254 e. The molecule has 3 rings (SSSR count). The number of amides is 1. The number of hydrogen-bond acceptors (Lipinski definition) is 4. The van der Waals surface area contributed by atoms with Gasteiger partial charge in [0.2, 0.25) is 0 Å². The van der Waals surface area contributed by atoms with Crippen molar-refractivity contribution in [2.45, 2.75) is 18.4 Å². The summed E-state index contributed by atoms with van der Waals surface area (Å²) < 4.78 is 50.6. The number of rotatable bonds is 5. The Kier molecular flexibility index (Phi) is 5.01. The Hall–Kier alpha value is -2.74. The topological polar surface area (TPSA) is 67.8 Å². The van der Waals surface area contributed by atoms with Crippen LogP contribution in [0, 0.1) is 17.5 Å². The number of hydrogen-bond donors (Lipinski definition) is 2. The maximum absolute atomic E-state index is 13.8. The summed E-state index contributed by atoms with van der Waals surface area (Å²) in [4.78, 5) is 12.2. The predicted octanol–water partition coefficient (Wildman–Crippen LogP) is 2.68. The summed E-state index contributed by atoms with van der Waals surface area (Å²) in [6.07, 6.45) is 0.862. The van der Waals surface area contributed by atoms with E-state index in [4.69, 9.17) is 9.47 Å². The van der Waals surface area contributed by atoms with Gasteiger partial charge in [0.1, 0.15) is 5.60 Å². The number of benzene rings is 2. The molecule has 2 aromatic rings. The molecule has 0 saturated carbocycles. The Bertz CT molecular complexity index is 903. The van der Waals surface area contributed by atoms with E-state index < -0.39 is 34.5 Å². The van der Waals surface area contributed by atoms with Crippen LogP contribution in [0.15, 0.2) is 24.3 Å². The van der Waals surface area contributed by atoms with Crippen LogP contribution in [0.3, 0.4) is 0 Å². The van der Waals surface area contributed by atoms with Gasteiger partial charge in [0.25, 0.3) is 5.91 Å². The molecule has 27 heavy (non-hydrogen) atoms. The van der Waals surface area contributed by atoms with Crippen molar-refractivity contribution in [2.75, 3.05) is 20.8 Å². The van der Waals surface area contributed by atoms with Gasteiger partial charge >= 0.3 is 0 Å². The van der Waals surface area contributed by atoms with Gasteiger partial charge in [-0.15, -0.1) is 0 Å². The van der Waals surface area contributed by atoms with E-state index in [0.717, 1.165) is 11.6 Å². The molecule has 0 heterocycles.